The zero-order chi connectivity index (χ0) is 27.6. The summed E-state index contributed by atoms with van der Waals surface area (Å²) in [5.41, 5.74) is 12.1. The Morgan fingerprint density at radius 3 is 2.85 bits per heavy atom. The fourth-order valence-corrected chi connectivity index (χ4v) is 7.58. The predicted molar refractivity (Wildman–Crippen MR) is 174 cm³/mol. The fraction of sp³-hybridized carbons (Fsp3) is 0.0789. The van der Waals surface area contributed by atoms with E-state index < -0.39 is 0 Å². The zero-order valence-electron chi connectivity index (χ0n) is 22.7. The number of benzene rings is 3. The second-order valence-electron chi connectivity index (χ2n) is 11.0. The molecule has 1 atom stereocenters. The van der Waals surface area contributed by atoms with Crippen molar-refractivity contribution in [1.82, 2.24) is 0 Å². The highest BCUT2D eigenvalue weighted by Crippen LogP contribution is 2.48. The molecule has 0 bridgehead atoms. The van der Waals surface area contributed by atoms with Crippen molar-refractivity contribution in [1.29, 1.82) is 0 Å². The van der Waals surface area contributed by atoms with Gasteiger partial charge in [0.15, 0.2) is 0 Å². The summed E-state index contributed by atoms with van der Waals surface area (Å²) in [7, 11) is 0. The molecule has 0 fully saturated rings. The molecule has 2 aliphatic heterocycles. The van der Waals surface area contributed by atoms with Gasteiger partial charge in [-0.3, -0.25) is 0 Å². The molecule has 3 aromatic carbocycles. The maximum absolute atomic E-state index is 6.42. The number of anilines is 2. The van der Waals surface area contributed by atoms with Crippen LogP contribution in [0.2, 0.25) is 0 Å². The van der Waals surface area contributed by atoms with E-state index in [-0.39, 0.29) is 5.60 Å². The number of fused-ring (bicyclic) bond motifs is 7. The number of nitrogens with zero attached hydrogens (tertiary/aromatic N) is 1. The molecule has 2 nitrogen and oxygen atoms in total. The smallest absolute Gasteiger partial charge is 0.136 e. The van der Waals surface area contributed by atoms with Crippen molar-refractivity contribution in [3.63, 3.8) is 0 Å². The predicted octanol–water partition coefficient (Wildman–Crippen LogP) is 10.3. The van der Waals surface area contributed by atoms with E-state index in [2.05, 4.69) is 127 Å². The summed E-state index contributed by atoms with van der Waals surface area (Å²) in [5, 5.41) is 2.58. The maximum Gasteiger partial charge on any atom is 0.136 e. The quantitative estimate of drug-likeness (QED) is 0.232. The second kappa shape index (κ2) is 9.11. The maximum atomic E-state index is 6.42. The minimum absolute atomic E-state index is 0.349. The lowest BCUT2D eigenvalue weighted by atomic mass is 9.81. The first-order chi connectivity index (χ1) is 20.1. The molecule has 0 spiro atoms. The van der Waals surface area contributed by atoms with E-state index >= 15 is 0 Å². The van der Waals surface area contributed by atoms with Crippen LogP contribution in [0.5, 0.6) is 0 Å². The Kier molecular flexibility index (Phi) is 5.33. The Labute approximate surface area is 243 Å². The van der Waals surface area contributed by atoms with Gasteiger partial charge in [0.2, 0.25) is 0 Å². The summed E-state index contributed by atoms with van der Waals surface area (Å²) in [6.45, 7) is 6.67. The van der Waals surface area contributed by atoms with Gasteiger partial charge < -0.3 is 9.64 Å². The molecule has 8 rings (SSSR count). The van der Waals surface area contributed by atoms with Crippen LogP contribution in [0.4, 0.5) is 11.4 Å². The third kappa shape index (κ3) is 3.78. The van der Waals surface area contributed by atoms with E-state index in [1.54, 1.807) is 0 Å². The molecule has 3 heteroatoms. The van der Waals surface area contributed by atoms with Crippen molar-refractivity contribution in [3.05, 3.63) is 162 Å². The second-order valence-corrected chi connectivity index (χ2v) is 12.0. The monoisotopic (exact) mass is 545 g/mol. The molecule has 196 valence electrons. The van der Waals surface area contributed by atoms with E-state index in [9.17, 15) is 0 Å². The number of hydrogen-bond acceptors (Lipinski definition) is 3. The Morgan fingerprint density at radius 1 is 0.976 bits per heavy atom. The summed E-state index contributed by atoms with van der Waals surface area (Å²) >= 11 is 1.84. The van der Waals surface area contributed by atoms with Crippen LogP contribution in [0.1, 0.15) is 24.5 Å². The first-order valence-electron chi connectivity index (χ1n) is 13.9. The van der Waals surface area contributed by atoms with Crippen LogP contribution < -0.4 is 4.90 Å². The molecule has 2 aliphatic carbocycles. The van der Waals surface area contributed by atoms with Gasteiger partial charge in [-0.05, 0) is 66.1 Å². The summed E-state index contributed by atoms with van der Waals surface area (Å²) in [4.78, 5) is 2.29. The Bertz CT molecular complexity index is 2070. The molecule has 0 saturated heterocycles. The molecule has 41 heavy (non-hydrogen) atoms. The summed E-state index contributed by atoms with van der Waals surface area (Å²) in [6.07, 6.45) is 21.9. The van der Waals surface area contributed by atoms with Gasteiger partial charge in [-0.2, -0.15) is 0 Å². The van der Waals surface area contributed by atoms with Crippen LogP contribution in [-0.4, -0.2) is 5.60 Å². The molecular weight excluding hydrogens is 518 g/mol. The number of hydrogen-bond donors (Lipinski definition) is 0. The number of ether oxygens (including phenoxy) is 1. The van der Waals surface area contributed by atoms with Crippen molar-refractivity contribution in [2.75, 3.05) is 4.90 Å². The molecule has 0 amide bonds. The van der Waals surface area contributed by atoms with Gasteiger partial charge in [-0.1, -0.05) is 73.4 Å². The normalized spacial score (nSPS) is 22.4. The highest BCUT2D eigenvalue weighted by Gasteiger charge is 2.41. The standard InChI is InChI=1S/C38H27NOS/c1-25-11-8-9-22-39(33-19-18-30-29-14-6-7-17-35(29)41-37(30)36(25)33)28-13-10-12-26(23-28)27-20-21-38(2)32(24-27)31-15-4-3-5-16-34(31)40-38/h3-4,6-20,22-24H,1,21H2,2H3/b11-8-,22-9-. The van der Waals surface area contributed by atoms with E-state index in [1.807, 2.05) is 29.6 Å². The largest absolute Gasteiger partial charge is 0.481 e. The molecule has 0 N–H and O–H groups in total. The van der Waals surface area contributed by atoms with Crippen LogP contribution >= 0.6 is 11.3 Å². The van der Waals surface area contributed by atoms with Gasteiger partial charge >= 0.3 is 0 Å². The topological polar surface area (TPSA) is 12.5 Å². The van der Waals surface area contributed by atoms with Gasteiger partial charge in [-0.25, -0.2) is 0 Å². The Hall–Kier alpha value is -4.82. The van der Waals surface area contributed by atoms with Gasteiger partial charge in [0, 0.05) is 61.3 Å². The van der Waals surface area contributed by atoms with E-state index in [0.717, 1.165) is 34.7 Å². The average Bonchev–Trinajstić information content (AvgIpc) is 3.39. The summed E-state index contributed by atoms with van der Waals surface area (Å²) in [5.74, 6) is 0.898. The highest BCUT2D eigenvalue weighted by atomic mass is 32.1. The average molecular weight is 546 g/mol. The number of allylic oxidation sites excluding steroid dienone is 9. The van der Waals surface area contributed by atoms with Gasteiger partial charge in [0.25, 0.3) is 0 Å². The van der Waals surface area contributed by atoms with Crippen molar-refractivity contribution >= 4 is 54.0 Å². The fourth-order valence-electron chi connectivity index (χ4n) is 6.30. The van der Waals surface area contributed by atoms with Crippen molar-refractivity contribution in [3.8, 4) is 0 Å². The minimum Gasteiger partial charge on any atom is -0.481 e. The van der Waals surface area contributed by atoms with Gasteiger partial charge in [0.05, 0.1) is 5.69 Å². The lowest BCUT2D eigenvalue weighted by molar-refractivity contribution is 0.0807. The van der Waals surface area contributed by atoms with Crippen LogP contribution in [0.3, 0.4) is 0 Å². The molecule has 1 unspecified atom stereocenters. The van der Waals surface area contributed by atoms with Crippen molar-refractivity contribution < 1.29 is 4.74 Å². The van der Waals surface area contributed by atoms with Crippen LogP contribution in [0, 0.1) is 0 Å². The van der Waals surface area contributed by atoms with Crippen molar-refractivity contribution in [2.24, 2.45) is 0 Å². The van der Waals surface area contributed by atoms with E-state index in [1.165, 1.54) is 42.4 Å². The molecule has 3 heterocycles. The van der Waals surface area contributed by atoms with E-state index in [4.69, 9.17) is 4.74 Å². The lowest BCUT2D eigenvalue weighted by Gasteiger charge is -2.30. The van der Waals surface area contributed by atoms with Gasteiger partial charge in [0.1, 0.15) is 11.4 Å². The molecule has 1 aromatic heterocycles. The first kappa shape index (κ1) is 24.0. The SMILES string of the molecule is C=C1/C=C\C=C/N(c2cccc(C3=CCC4(C)OC5=C(C=CC=C=C5)C4=C3)c2)c2ccc3c(sc4ccccc43)c21. The molecule has 0 saturated carbocycles. The molecule has 4 aliphatic rings. The van der Waals surface area contributed by atoms with Crippen LogP contribution in [0.25, 0.3) is 31.3 Å². The highest BCUT2D eigenvalue weighted by molar-refractivity contribution is 7.26. The number of thiophene rings is 1. The molecule has 4 aromatic rings. The third-order valence-corrected chi connectivity index (χ3v) is 9.55. The van der Waals surface area contributed by atoms with Crippen LogP contribution in [-0.2, 0) is 4.74 Å². The van der Waals surface area contributed by atoms with Gasteiger partial charge in [-0.15, -0.1) is 17.1 Å². The minimum atomic E-state index is -0.349. The summed E-state index contributed by atoms with van der Waals surface area (Å²) in [6, 6.07) is 22.0. The Morgan fingerprint density at radius 2 is 1.90 bits per heavy atom. The number of rotatable bonds is 2. The van der Waals surface area contributed by atoms with E-state index in [0.29, 0.717) is 0 Å². The molecular formula is C38H27NOS. The van der Waals surface area contributed by atoms with Crippen LogP contribution in [0.15, 0.2) is 151 Å². The lowest BCUT2D eigenvalue weighted by Crippen LogP contribution is -2.27. The molecule has 0 radical (unpaired) electrons. The van der Waals surface area contributed by atoms with Crippen molar-refractivity contribution in [2.45, 2.75) is 18.9 Å². The first-order valence-corrected chi connectivity index (χ1v) is 14.7. The third-order valence-electron chi connectivity index (χ3n) is 8.35. The summed E-state index contributed by atoms with van der Waals surface area (Å²) < 4.78 is 8.99. The zero-order valence-corrected chi connectivity index (χ0v) is 23.5. The Balaban J connectivity index is 1.24.